The third kappa shape index (κ3) is 8.14. The van der Waals surface area contributed by atoms with Crippen molar-refractivity contribution < 1.29 is 18.6 Å². The Balaban J connectivity index is 0. The van der Waals surface area contributed by atoms with Gasteiger partial charge in [0.2, 0.25) is 0 Å². The van der Waals surface area contributed by atoms with Crippen molar-refractivity contribution in [3.63, 3.8) is 0 Å². The van der Waals surface area contributed by atoms with Crippen LogP contribution in [0.4, 0.5) is 0 Å². The average Bonchev–Trinajstić information content (AvgIpc) is 1.83. The normalized spacial score (nSPS) is 10.6. The summed E-state index contributed by atoms with van der Waals surface area (Å²) in [5.74, 6) is 6.71. The molecular formula is C8H14V. The fourth-order valence-electron chi connectivity index (χ4n) is 0.421. The molecule has 1 heteroatoms. The van der Waals surface area contributed by atoms with Crippen LogP contribution in [0.25, 0.3) is 0 Å². The molecule has 0 aliphatic heterocycles. The van der Waals surface area contributed by atoms with Crippen molar-refractivity contribution in [2.45, 2.75) is 33.6 Å². The molecule has 0 saturated heterocycles. The van der Waals surface area contributed by atoms with E-state index in [9.17, 15) is 0 Å². The molecule has 1 atom stereocenters. The van der Waals surface area contributed by atoms with Crippen LogP contribution in [0.2, 0.25) is 0 Å². The monoisotopic (exact) mass is 161 g/mol. The molecule has 0 aromatic rings. The summed E-state index contributed by atoms with van der Waals surface area (Å²) in [4.78, 5) is 0. The van der Waals surface area contributed by atoms with Crippen molar-refractivity contribution in [3.05, 3.63) is 0 Å². The van der Waals surface area contributed by atoms with E-state index in [0.29, 0.717) is 0 Å². The van der Waals surface area contributed by atoms with Gasteiger partial charge in [-0.3, -0.25) is 0 Å². The zero-order chi connectivity index (χ0) is 6.41. The minimum Gasteiger partial charge on any atom is -0.107 e. The van der Waals surface area contributed by atoms with Gasteiger partial charge in [-0.2, -0.15) is 0 Å². The van der Waals surface area contributed by atoms with E-state index in [1.165, 1.54) is 6.42 Å². The molecule has 51 valence electrons. The topological polar surface area (TPSA) is 0 Å². The molecule has 0 aliphatic rings. The van der Waals surface area contributed by atoms with Gasteiger partial charge in [0.1, 0.15) is 0 Å². The molecule has 0 nitrogen and oxygen atoms in total. The Morgan fingerprint density at radius 1 is 1.44 bits per heavy atom. The molecule has 9 heavy (non-hydrogen) atoms. The van der Waals surface area contributed by atoms with E-state index in [2.05, 4.69) is 25.7 Å². The Kier molecular flexibility index (Phi) is 10.8. The van der Waals surface area contributed by atoms with Gasteiger partial charge in [0, 0.05) is 25.0 Å². The molecule has 0 amide bonds. The first kappa shape index (κ1) is 11.9. The Hall–Kier alpha value is 0.144. The summed E-state index contributed by atoms with van der Waals surface area (Å²) in [5.41, 5.74) is 0. The molecule has 0 aliphatic carbocycles. The Labute approximate surface area is 70.3 Å². The largest absolute Gasteiger partial charge is 0.107 e. The fraction of sp³-hybridized carbons (Fsp3) is 0.750. The standard InChI is InChI=1S/C8H14.V/c1-4-6-7-8(3)5-2;/h8H,5,7H2,1-3H3;. The van der Waals surface area contributed by atoms with Crippen molar-refractivity contribution in [2.24, 2.45) is 5.92 Å². The van der Waals surface area contributed by atoms with E-state index in [-0.39, 0.29) is 18.6 Å². The van der Waals surface area contributed by atoms with E-state index >= 15 is 0 Å². The van der Waals surface area contributed by atoms with Crippen LogP contribution in [-0.4, -0.2) is 0 Å². The van der Waals surface area contributed by atoms with E-state index in [1.807, 2.05) is 6.92 Å². The van der Waals surface area contributed by atoms with Crippen LogP contribution in [0.15, 0.2) is 0 Å². The molecular weight excluding hydrogens is 147 g/mol. The zero-order valence-corrected chi connectivity index (χ0v) is 7.84. The van der Waals surface area contributed by atoms with E-state index in [4.69, 9.17) is 0 Å². The Morgan fingerprint density at radius 2 is 2.00 bits per heavy atom. The van der Waals surface area contributed by atoms with Gasteiger partial charge in [0.15, 0.2) is 0 Å². The third-order valence-electron chi connectivity index (χ3n) is 1.32. The van der Waals surface area contributed by atoms with Crippen LogP contribution in [0, 0.1) is 17.8 Å². The molecule has 0 N–H and O–H groups in total. The van der Waals surface area contributed by atoms with Gasteiger partial charge in [-0.25, -0.2) is 0 Å². The molecule has 0 spiro atoms. The summed E-state index contributed by atoms with van der Waals surface area (Å²) in [6.07, 6.45) is 2.31. The van der Waals surface area contributed by atoms with Crippen LogP contribution in [0.1, 0.15) is 33.6 Å². The van der Waals surface area contributed by atoms with Crippen LogP contribution < -0.4 is 0 Å². The summed E-state index contributed by atoms with van der Waals surface area (Å²) in [5, 5.41) is 0. The van der Waals surface area contributed by atoms with Crippen LogP contribution >= 0.6 is 0 Å². The summed E-state index contributed by atoms with van der Waals surface area (Å²) in [6, 6.07) is 0. The minimum atomic E-state index is 0. The summed E-state index contributed by atoms with van der Waals surface area (Å²) in [6.45, 7) is 6.31. The zero-order valence-electron chi connectivity index (χ0n) is 6.44. The second-order valence-electron chi connectivity index (χ2n) is 2.14. The number of hydrogen-bond donors (Lipinski definition) is 0. The molecule has 1 radical (unpaired) electrons. The van der Waals surface area contributed by atoms with Crippen molar-refractivity contribution >= 4 is 0 Å². The third-order valence-corrected chi connectivity index (χ3v) is 1.32. The maximum atomic E-state index is 3.05. The Morgan fingerprint density at radius 3 is 2.33 bits per heavy atom. The van der Waals surface area contributed by atoms with Gasteiger partial charge in [-0.05, 0) is 12.8 Å². The maximum Gasteiger partial charge on any atom is 0.0114 e. The quantitative estimate of drug-likeness (QED) is 0.545. The van der Waals surface area contributed by atoms with Crippen molar-refractivity contribution in [2.75, 3.05) is 0 Å². The van der Waals surface area contributed by atoms with Gasteiger partial charge in [-0.15, -0.1) is 11.8 Å². The van der Waals surface area contributed by atoms with Gasteiger partial charge >= 0.3 is 0 Å². The van der Waals surface area contributed by atoms with Crippen molar-refractivity contribution in [3.8, 4) is 11.8 Å². The second-order valence-corrected chi connectivity index (χ2v) is 2.14. The summed E-state index contributed by atoms with van der Waals surface area (Å²) >= 11 is 0. The first-order valence-corrected chi connectivity index (χ1v) is 3.20. The second kappa shape index (κ2) is 8.14. The minimum absolute atomic E-state index is 0. The molecule has 0 aromatic heterocycles. The summed E-state index contributed by atoms with van der Waals surface area (Å²) in [7, 11) is 0. The predicted octanol–water partition coefficient (Wildman–Crippen LogP) is 2.44. The molecule has 0 rings (SSSR count). The van der Waals surface area contributed by atoms with E-state index < -0.39 is 0 Å². The first-order chi connectivity index (χ1) is 3.81. The van der Waals surface area contributed by atoms with Crippen molar-refractivity contribution in [1.29, 1.82) is 0 Å². The Bertz CT molecular complexity index is 96.9. The SMILES string of the molecule is CC#CCC(C)CC.[V]. The molecule has 0 saturated carbocycles. The number of hydrogen-bond acceptors (Lipinski definition) is 0. The first-order valence-electron chi connectivity index (χ1n) is 3.20. The van der Waals surface area contributed by atoms with Crippen LogP contribution in [0.5, 0.6) is 0 Å². The molecule has 0 aromatic carbocycles. The van der Waals surface area contributed by atoms with Gasteiger partial charge < -0.3 is 0 Å². The van der Waals surface area contributed by atoms with E-state index in [1.54, 1.807) is 0 Å². The number of rotatable bonds is 2. The average molecular weight is 161 g/mol. The fourth-order valence-corrected chi connectivity index (χ4v) is 0.421. The van der Waals surface area contributed by atoms with Crippen molar-refractivity contribution in [1.82, 2.24) is 0 Å². The molecule has 0 fully saturated rings. The summed E-state index contributed by atoms with van der Waals surface area (Å²) < 4.78 is 0. The van der Waals surface area contributed by atoms with Gasteiger partial charge in [0.05, 0.1) is 0 Å². The van der Waals surface area contributed by atoms with Crippen LogP contribution in [-0.2, 0) is 18.6 Å². The van der Waals surface area contributed by atoms with Gasteiger partial charge in [0.25, 0.3) is 0 Å². The molecule has 1 unspecified atom stereocenters. The molecule has 0 heterocycles. The smallest absolute Gasteiger partial charge is 0.0114 e. The van der Waals surface area contributed by atoms with Gasteiger partial charge in [-0.1, -0.05) is 20.3 Å². The van der Waals surface area contributed by atoms with E-state index in [0.717, 1.165) is 12.3 Å². The predicted molar refractivity (Wildman–Crippen MR) is 37.5 cm³/mol. The van der Waals surface area contributed by atoms with Crippen LogP contribution in [0.3, 0.4) is 0 Å². The molecule has 0 bridgehead atoms. The maximum absolute atomic E-state index is 3.05.